The molecule has 1 aliphatic rings. The van der Waals surface area contributed by atoms with Crippen LogP contribution in [0, 0.1) is 40.4 Å². The summed E-state index contributed by atoms with van der Waals surface area (Å²) in [5.41, 5.74) is -1.45. The fraction of sp³-hybridized carbons (Fsp3) is 0.318. The van der Waals surface area contributed by atoms with Crippen LogP contribution in [0.25, 0.3) is 0 Å². The number of nitrogens with zero attached hydrogens (tertiary/aromatic N) is 1. The van der Waals surface area contributed by atoms with Gasteiger partial charge in [-0.2, -0.15) is 13.8 Å². The van der Waals surface area contributed by atoms with E-state index in [1.807, 2.05) is 0 Å². The van der Waals surface area contributed by atoms with E-state index in [0.717, 1.165) is 0 Å². The molecule has 6 nitrogen and oxygen atoms in total. The standard InChI is InChI=1S/C22H18F5NO5/c1-2-6-13-9-22(13,10-28(11-29)33-20(30)12-7-4-3-5-8-12)21(31)32-19-17(26)15(24)14(23)16(25)18(19)27/h3-5,7-8,11,13H,2,6,9-10H2,1H3. The molecule has 0 aromatic heterocycles. The van der Waals surface area contributed by atoms with Crippen molar-refractivity contribution in [1.29, 1.82) is 0 Å². The number of rotatable bonds is 9. The van der Waals surface area contributed by atoms with Crippen LogP contribution in [0.2, 0.25) is 0 Å². The van der Waals surface area contributed by atoms with Gasteiger partial charge in [-0.25, -0.2) is 18.0 Å². The Morgan fingerprint density at radius 2 is 1.61 bits per heavy atom. The molecule has 1 aliphatic carbocycles. The molecular weight excluding hydrogens is 453 g/mol. The Labute approximate surface area is 184 Å². The summed E-state index contributed by atoms with van der Waals surface area (Å²) >= 11 is 0. The number of amides is 1. The van der Waals surface area contributed by atoms with Crippen molar-refractivity contribution in [1.82, 2.24) is 5.06 Å². The lowest BCUT2D eigenvalue weighted by atomic mass is 10.0. The second-order valence-electron chi connectivity index (χ2n) is 7.56. The van der Waals surface area contributed by atoms with Crippen LogP contribution in [-0.2, 0) is 14.4 Å². The van der Waals surface area contributed by atoms with Crippen molar-refractivity contribution in [3.8, 4) is 5.75 Å². The Balaban J connectivity index is 1.84. The first kappa shape index (κ1) is 24.1. The topological polar surface area (TPSA) is 72.9 Å². The number of ether oxygens (including phenoxy) is 1. The fourth-order valence-electron chi connectivity index (χ4n) is 3.59. The minimum absolute atomic E-state index is 0.0856. The van der Waals surface area contributed by atoms with Crippen LogP contribution in [0.4, 0.5) is 22.0 Å². The second kappa shape index (κ2) is 9.55. The minimum Gasteiger partial charge on any atom is -0.419 e. The SMILES string of the molecule is CCCC1CC1(CN(C=O)OC(=O)c1ccccc1)C(=O)Oc1c(F)c(F)c(F)c(F)c1F. The Hall–Kier alpha value is -3.50. The maximum Gasteiger partial charge on any atom is 0.363 e. The zero-order chi connectivity index (χ0) is 24.3. The lowest BCUT2D eigenvalue weighted by Crippen LogP contribution is -2.39. The number of hydroxylamine groups is 2. The van der Waals surface area contributed by atoms with E-state index in [9.17, 15) is 36.3 Å². The van der Waals surface area contributed by atoms with Gasteiger partial charge in [-0.1, -0.05) is 31.5 Å². The maximum absolute atomic E-state index is 14.0. The summed E-state index contributed by atoms with van der Waals surface area (Å²) in [6, 6.07) is 7.62. The van der Waals surface area contributed by atoms with Crippen molar-refractivity contribution >= 4 is 18.3 Å². The van der Waals surface area contributed by atoms with Gasteiger partial charge in [-0.15, -0.1) is 0 Å². The smallest absolute Gasteiger partial charge is 0.363 e. The monoisotopic (exact) mass is 471 g/mol. The van der Waals surface area contributed by atoms with Crippen LogP contribution >= 0.6 is 0 Å². The number of hydrogen-bond donors (Lipinski definition) is 0. The molecule has 33 heavy (non-hydrogen) atoms. The van der Waals surface area contributed by atoms with E-state index in [-0.39, 0.29) is 18.4 Å². The van der Waals surface area contributed by atoms with E-state index in [1.165, 1.54) is 12.1 Å². The number of carbonyl (C=O) groups excluding carboxylic acids is 3. The number of halogens is 5. The van der Waals surface area contributed by atoms with E-state index in [4.69, 9.17) is 4.84 Å². The maximum atomic E-state index is 14.0. The lowest BCUT2D eigenvalue weighted by molar-refractivity contribution is -0.162. The van der Waals surface area contributed by atoms with Crippen molar-refractivity contribution in [3.05, 3.63) is 65.0 Å². The first-order valence-corrected chi connectivity index (χ1v) is 9.89. The predicted molar refractivity (Wildman–Crippen MR) is 102 cm³/mol. The van der Waals surface area contributed by atoms with Gasteiger partial charge in [-0.3, -0.25) is 9.59 Å². The summed E-state index contributed by atoms with van der Waals surface area (Å²) in [6.45, 7) is 1.26. The van der Waals surface area contributed by atoms with Gasteiger partial charge in [0.25, 0.3) is 0 Å². The van der Waals surface area contributed by atoms with Crippen molar-refractivity contribution in [2.75, 3.05) is 6.54 Å². The fourth-order valence-corrected chi connectivity index (χ4v) is 3.59. The summed E-state index contributed by atoms with van der Waals surface area (Å²) in [6.07, 6.45) is 1.25. The third kappa shape index (κ3) is 4.67. The number of benzene rings is 2. The third-order valence-electron chi connectivity index (χ3n) is 5.41. The first-order valence-electron chi connectivity index (χ1n) is 9.89. The highest BCUT2D eigenvalue weighted by Gasteiger charge is 2.62. The van der Waals surface area contributed by atoms with Crippen LogP contribution in [-0.4, -0.2) is 30.0 Å². The van der Waals surface area contributed by atoms with Gasteiger partial charge in [0.05, 0.1) is 17.5 Å². The van der Waals surface area contributed by atoms with Crippen LogP contribution in [0.5, 0.6) is 5.75 Å². The van der Waals surface area contributed by atoms with E-state index in [2.05, 4.69) is 4.74 Å². The molecule has 2 unspecified atom stereocenters. The quantitative estimate of drug-likeness (QED) is 0.104. The zero-order valence-corrected chi connectivity index (χ0v) is 17.2. The predicted octanol–water partition coefficient (Wildman–Crippen LogP) is 4.32. The highest BCUT2D eigenvalue weighted by molar-refractivity contribution is 5.89. The number of esters is 1. The molecule has 0 aliphatic heterocycles. The molecule has 0 spiro atoms. The molecule has 0 bridgehead atoms. The molecule has 0 radical (unpaired) electrons. The molecule has 0 heterocycles. The Bertz CT molecular complexity index is 1050. The normalized spacial score (nSPS) is 19.0. The van der Waals surface area contributed by atoms with Gasteiger partial charge in [0.15, 0.2) is 0 Å². The van der Waals surface area contributed by atoms with Crippen molar-refractivity contribution in [2.45, 2.75) is 26.2 Å². The summed E-state index contributed by atoms with van der Waals surface area (Å²) in [7, 11) is 0. The lowest BCUT2D eigenvalue weighted by Gasteiger charge is -2.23. The summed E-state index contributed by atoms with van der Waals surface area (Å²) in [5.74, 6) is -15.9. The Morgan fingerprint density at radius 3 is 2.15 bits per heavy atom. The van der Waals surface area contributed by atoms with Gasteiger partial charge in [0.2, 0.25) is 41.2 Å². The third-order valence-corrected chi connectivity index (χ3v) is 5.41. The Kier molecular flexibility index (Phi) is 6.99. The molecule has 1 fully saturated rings. The highest BCUT2D eigenvalue weighted by atomic mass is 19.2. The van der Waals surface area contributed by atoms with Crippen LogP contribution < -0.4 is 4.74 Å². The van der Waals surface area contributed by atoms with Crippen LogP contribution in [0.3, 0.4) is 0 Å². The molecule has 2 atom stereocenters. The van der Waals surface area contributed by atoms with Crippen molar-refractivity contribution in [2.24, 2.45) is 11.3 Å². The van der Waals surface area contributed by atoms with Crippen molar-refractivity contribution in [3.63, 3.8) is 0 Å². The molecule has 0 N–H and O–H groups in total. The van der Waals surface area contributed by atoms with Crippen LogP contribution in [0.15, 0.2) is 30.3 Å². The van der Waals surface area contributed by atoms with Gasteiger partial charge in [0.1, 0.15) is 0 Å². The van der Waals surface area contributed by atoms with Gasteiger partial charge >= 0.3 is 11.9 Å². The molecule has 2 aromatic rings. The van der Waals surface area contributed by atoms with E-state index in [1.54, 1.807) is 25.1 Å². The molecule has 1 saturated carbocycles. The Morgan fingerprint density at radius 1 is 1.03 bits per heavy atom. The molecule has 1 amide bonds. The molecular formula is C22H18F5NO5. The molecule has 11 heteroatoms. The second-order valence-corrected chi connectivity index (χ2v) is 7.56. The number of hydrogen-bond acceptors (Lipinski definition) is 5. The largest absolute Gasteiger partial charge is 0.419 e. The van der Waals surface area contributed by atoms with Gasteiger partial charge < -0.3 is 9.57 Å². The average Bonchev–Trinajstić information content (AvgIpc) is 3.52. The summed E-state index contributed by atoms with van der Waals surface area (Å²) in [5, 5.41) is 0.533. The molecule has 3 rings (SSSR count). The summed E-state index contributed by atoms with van der Waals surface area (Å²) < 4.78 is 72.8. The van der Waals surface area contributed by atoms with Gasteiger partial charge in [-0.05, 0) is 30.9 Å². The van der Waals surface area contributed by atoms with E-state index in [0.29, 0.717) is 17.9 Å². The summed E-state index contributed by atoms with van der Waals surface area (Å²) in [4.78, 5) is 41.5. The van der Waals surface area contributed by atoms with E-state index >= 15 is 0 Å². The molecule has 2 aromatic carbocycles. The average molecular weight is 471 g/mol. The number of carbonyl (C=O) groups is 3. The van der Waals surface area contributed by atoms with Crippen molar-refractivity contribution < 1.29 is 45.9 Å². The minimum atomic E-state index is -2.39. The molecule has 176 valence electrons. The van der Waals surface area contributed by atoms with E-state index < -0.39 is 64.7 Å². The van der Waals surface area contributed by atoms with Crippen LogP contribution in [0.1, 0.15) is 36.5 Å². The zero-order valence-electron chi connectivity index (χ0n) is 17.2. The first-order chi connectivity index (χ1) is 15.7. The highest BCUT2D eigenvalue weighted by Crippen LogP contribution is 2.56. The van der Waals surface area contributed by atoms with Gasteiger partial charge in [0, 0.05) is 0 Å². The molecule has 0 saturated heterocycles.